The quantitative estimate of drug-likeness (QED) is 0.663. The van der Waals surface area contributed by atoms with Gasteiger partial charge in [-0.3, -0.25) is 9.59 Å². The number of rotatable bonds is 5. The first-order chi connectivity index (χ1) is 14.9. The fourth-order valence-corrected chi connectivity index (χ4v) is 4.15. The number of benzene rings is 2. The van der Waals surface area contributed by atoms with Gasteiger partial charge in [-0.2, -0.15) is 0 Å². The van der Waals surface area contributed by atoms with Crippen molar-refractivity contribution in [2.24, 2.45) is 5.92 Å². The Morgan fingerprint density at radius 1 is 1.06 bits per heavy atom. The fourth-order valence-electron chi connectivity index (χ4n) is 4.15. The van der Waals surface area contributed by atoms with Crippen LogP contribution < -0.4 is 5.32 Å². The third-order valence-corrected chi connectivity index (χ3v) is 6.34. The van der Waals surface area contributed by atoms with Crippen molar-refractivity contribution in [3.05, 3.63) is 64.5 Å². The smallest absolute Gasteiger partial charge is 0.253 e. The minimum Gasteiger partial charge on any atom is -0.355 e. The Labute approximate surface area is 183 Å². The van der Waals surface area contributed by atoms with Gasteiger partial charge in [-0.25, -0.2) is 4.98 Å². The molecule has 2 aromatic carbocycles. The molecule has 0 aliphatic carbocycles. The predicted octanol–water partition coefficient (Wildman–Crippen LogP) is 3.70. The molecule has 4 rings (SSSR count). The van der Waals surface area contributed by atoms with Crippen LogP contribution in [0.5, 0.6) is 0 Å². The molecule has 3 aromatic rings. The zero-order valence-electron chi connectivity index (χ0n) is 18.5. The van der Waals surface area contributed by atoms with Gasteiger partial charge >= 0.3 is 0 Å². The van der Waals surface area contributed by atoms with Gasteiger partial charge in [-0.05, 0) is 62.9 Å². The number of carbonyl (C=O) groups excluding carboxylic acids is 2. The number of aromatic amines is 1. The highest BCUT2D eigenvalue weighted by Gasteiger charge is 2.27. The number of piperidine rings is 1. The molecule has 162 valence electrons. The molecule has 1 fully saturated rings. The highest BCUT2D eigenvalue weighted by atomic mass is 16.2. The number of imidazole rings is 1. The Hall–Kier alpha value is -3.15. The van der Waals surface area contributed by atoms with E-state index < -0.39 is 0 Å². The Kier molecular flexibility index (Phi) is 6.07. The lowest BCUT2D eigenvalue weighted by Gasteiger charge is -2.31. The highest BCUT2D eigenvalue weighted by molar-refractivity contribution is 5.94. The van der Waals surface area contributed by atoms with Gasteiger partial charge in [0.15, 0.2) is 0 Å². The number of amides is 2. The Bertz CT molecular complexity index is 1090. The zero-order valence-corrected chi connectivity index (χ0v) is 18.5. The molecule has 0 radical (unpaired) electrons. The molecule has 1 saturated heterocycles. The summed E-state index contributed by atoms with van der Waals surface area (Å²) in [6.45, 7) is 7.97. The van der Waals surface area contributed by atoms with E-state index in [2.05, 4.69) is 36.3 Å². The molecule has 0 spiro atoms. The second kappa shape index (κ2) is 8.92. The van der Waals surface area contributed by atoms with Gasteiger partial charge in [-0.1, -0.05) is 23.8 Å². The Morgan fingerprint density at radius 2 is 1.77 bits per heavy atom. The van der Waals surface area contributed by atoms with Crippen molar-refractivity contribution in [2.75, 3.05) is 19.6 Å². The molecule has 2 N–H and O–H groups in total. The highest BCUT2D eigenvalue weighted by Crippen LogP contribution is 2.21. The number of carbonyl (C=O) groups is 2. The van der Waals surface area contributed by atoms with E-state index in [0.29, 0.717) is 44.5 Å². The SMILES string of the molecule is Cc1ccc(C(=O)N2CCC(C(=O)NCCc3nc4c(C)c(C)ccc4[nH]3)CC2)cc1. The number of fused-ring (bicyclic) bond motifs is 1. The summed E-state index contributed by atoms with van der Waals surface area (Å²) in [7, 11) is 0. The minimum atomic E-state index is -0.0392. The van der Waals surface area contributed by atoms with Gasteiger partial charge in [0.25, 0.3) is 5.91 Å². The summed E-state index contributed by atoms with van der Waals surface area (Å²) >= 11 is 0. The first-order valence-electron chi connectivity index (χ1n) is 11.0. The first kappa shape index (κ1) is 21.1. The maximum absolute atomic E-state index is 12.7. The van der Waals surface area contributed by atoms with Crippen molar-refractivity contribution in [3.63, 3.8) is 0 Å². The third-order valence-electron chi connectivity index (χ3n) is 6.34. The molecular formula is C25H30N4O2. The normalized spacial score (nSPS) is 14.7. The Balaban J connectivity index is 1.25. The van der Waals surface area contributed by atoms with Gasteiger partial charge in [0.05, 0.1) is 11.0 Å². The van der Waals surface area contributed by atoms with E-state index in [1.54, 1.807) is 0 Å². The molecule has 1 aromatic heterocycles. The molecule has 1 aliphatic rings. The van der Waals surface area contributed by atoms with Crippen LogP contribution in [0.1, 0.15) is 45.7 Å². The van der Waals surface area contributed by atoms with Crippen molar-refractivity contribution in [2.45, 2.75) is 40.0 Å². The lowest BCUT2D eigenvalue weighted by molar-refractivity contribution is -0.126. The Morgan fingerprint density at radius 3 is 2.48 bits per heavy atom. The molecule has 0 bridgehead atoms. The zero-order chi connectivity index (χ0) is 22.0. The number of nitrogens with one attached hydrogen (secondary N) is 2. The van der Waals surface area contributed by atoms with Crippen LogP contribution in [0, 0.1) is 26.7 Å². The van der Waals surface area contributed by atoms with Gasteiger partial charge in [-0.15, -0.1) is 0 Å². The van der Waals surface area contributed by atoms with Crippen LogP contribution in [0.25, 0.3) is 11.0 Å². The van der Waals surface area contributed by atoms with Crippen molar-refractivity contribution in [1.82, 2.24) is 20.2 Å². The molecule has 0 saturated carbocycles. The van der Waals surface area contributed by atoms with Crippen LogP contribution in [0.15, 0.2) is 36.4 Å². The van der Waals surface area contributed by atoms with Crippen molar-refractivity contribution in [3.8, 4) is 0 Å². The summed E-state index contributed by atoms with van der Waals surface area (Å²) in [5, 5.41) is 3.05. The van der Waals surface area contributed by atoms with E-state index in [1.165, 1.54) is 11.1 Å². The van der Waals surface area contributed by atoms with E-state index in [-0.39, 0.29) is 17.7 Å². The van der Waals surface area contributed by atoms with Crippen molar-refractivity contribution >= 4 is 22.8 Å². The first-order valence-corrected chi connectivity index (χ1v) is 11.0. The second-order valence-electron chi connectivity index (χ2n) is 8.56. The van der Waals surface area contributed by atoms with E-state index in [9.17, 15) is 9.59 Å². The predicted molar refractivity (Wildman–Crippen MR) is 122 cm³/mol. The summed E-state index contributed by atoms with van der Waals surface area (Å²) in [4.78, 5) is 35.1. The van der Waals surface area contributed by atoms with E-state index >= 15 is 0 Å². The third kappa shape index (κ3) is 4.63. The minimum absolute atomic E-state index is 0.0392. The molecular weight excluding hydrogens is 388 g/mol. The van der Waals surface area contributed by atoms with Gasteiger partial charge in [0, 0.05) is 37.5 Å². The molecule has 6 heteroatoms. The van der Waals surface area contributed by atoms with Crippen LogP contribution in [0.2, 0.25) is 0 Å². The van der Waals surface area contributed by atoms with Gasteiger partial charge < -0.3 is 15.2 Å². The van der Waals surface area contributed by atoms with Crippen molar-refractivity contribution < 1.29 is 9.59 Å². The number of nitrogens with zero attached hydrogens (tertiary/aromatic N) is 2. The second-order valence-corrected chi connectivity index (χ2v) is 8.56. The molecule has 6 nitrogen and oxygen atoms in total. The number of aryl methyl sites for hydroxylation is 3. The van der Waals surface area contributed by atoms with E-state index in [1.807, 2.05) is 36.1 Å². The van der Waals surface area contributed by atoms with Crippen LogP contribution >= 0.6 is 0 Å². The topological polar surface area (TPSA) is 78.1 Å². The molecule has 31 heavy (non-hydrogen) atoms. The fraction of sp³-hybridized carbons (Fsp3) is 0.400. The summed E-state index contributed by atoms with van der Waals surface area (Å²) < 4.78 is 0. The lowest BCUT2D eigenvalue weighted by atomic mass is 9.95. The van der Waals surface area contributed by atoms with Crippen LogP contribution in [-0.2, 0) is 11.2 Å². The summed E-state index contributed by atoms with van der Waals surface area (Å²) in [6, 6.07) is 11.8. The number of likely N-dealkylation sites (tertiary alicyclic amines) is 1. The molecule has 0 unspecified atom stereocenters. The maximum atomic E-state index is 12.7. The van der Waals surface area contributed by atoms with Gasteiger partial charge in [0.1, 0.15) is 5.82 Å². The average molecular weight is 419 g/mol. The summed E-state index contributed by atoms with van der Waals surface area (Å²) in [6.07, 6.45) is 2.07. The van der Waals surface area contributed by atoms with Crippen LogP contribution in [-0.4, -0.2) is 46.3 Å². The molecule has 0 atom stereocenters. The van der Waals surface area contributed by atoms with E-state index in [0.717, 1.165) is 22.4 Å². The number of H-pyrrole nitrogens is 1. The van der Waals surface area contributed by atoms with Crippen LogP contribution in [0.3, 0.4) is 0 Å². The summed E-state index contributed by atoms with van der Waals surface area (Å²) in [5.74, 6) is 0.977. The standard InChI is InChI=1S/C25H30N4O2/c1-16-4-7-20(8-5-16)25(31)29-14-11-19(12-15-29)24(30)26-13-10-22-27-21-9-6-17(2)18(3)23(21)28-22/h4-9,19H,10-15H2,1-3H3,(H,26,30)(H,27,28). The van der Waals surface area contributed by atoms with Gasteiger partial charge in [0.2, 0.25) is 5.91 Å². The average Bonchev–Trinajstić information content (AvgIpc) is 3.20. The molecule has 1 aliphatic heterocycles. The lowest BCUT2D eigenvalue weighted by Crippen LogP contribution is -2.43. The largest absolute Gasteiger partial charge is 0.355 e. The maximum Gasteiger partial charge on any atom is 0.253 e. The molecule has 2 amide bonds. The van der Waals surface area contributed by atoms with Crippen LogP contribution in [0.4, 0.5) is 0 Å². The number of aromatic nitrogens is 2. The number of hydrogen-bond donors (Lipinski definition) is 2. The summed E-state index contributed by atoms with van der Waals surface area (Å²) in [5.41, 5.74) is 6.31. The van der Waals surface area contributed by atoms with E-state index in [4.69, 9.17) is 4.98 Å². The van der Waals surface area contributed by atoms with Crippen molar-refractivity contribution in [1.29, 1.82) is 0 Å². The molecule has 2 heterocycles. The number of hydrogen-bond acceptors (Lipinski definition) is 3. The monoisotopic (exact) mass is 418 g/mol.